The van der Waals surface area contributed by atoms with E-state index in [0.29, 0.717) is 5.02 Å². The van der Waals surface area contributed by atoms with E-state index in [9.17, 15) is 0 Å². The van der Waals surface area contributed by atoms with Gasteiger partial charge in [0.2, 0.25) is 0 Å². The molecule has 7 rings (SSSR count). The van der Waals surface area contributed by atoms with Crippen molar-refractivity contribution in [3.8, 4) is 11.5 Å². The first kappa shape index (κ1) is 20.5. The van der Waals surface area contributed by atoms with Gasteiger partial charge in [-0.05, 0) is 54.6 Å². The Bertz CT molecular complexity index is 1730. The van der Waals surface area contributed by atoms with Crippen molar-refractivity contribution in [2.75, 3.05) is 4.90 Å². The largest absolute Gasteiger partial charge is 0.456 e. The first-order valence-corrected chi connectivity index (χ1v) is 12.5. The third-order valence-electron chi connectivity index (χ3n) is 6.17. The van der Waals surface area contributed by atoms with Crippen molar-refractivity contribution < 1.29 is 9.15 Å². The third-order valence-corrected chi connectivity index (χ3v) is 7.52. The Balaban J connectivity index is 1.43. The summed E-state index contributed by atoms with van der Waals surface area (Å²) in [5, 5.41) is 2.83. The molecule has 35 heavy (non-hydrogen) atoms. The van der Waals surface area contributed by atoms with Crippen LogP contribution in [0.15, 0.2) is 123 Å². The molecule has 0 atom stereocenters. The monoisotopic (exact) mass is 491 g/mol. The van der Waals surface area contributed by atoms with Gasteiger partial charge in [-0.2, -0.15) is 0 Å². The van der Waals surface area contributed by atoms with Crippen molar-refractivity contribution in [2.24, 2.45) is 0 Å². The molecule has 0 spiro atoms. The summed E-state index contributed by atoms with van der Waals surface area (Å²) in [6.07, 6.45) is 0. The molecule has 0 saturated heterocycles. The third kappa shape index (κ3) is 3.45. The minimum atomic E-state index is 0.661. The molecule has 0 N–H and O–H groups in total. The molecule has 2 heterocycles. The van der Waals surface area contributed by atoms with E-state index < -0.39 is 0 Å². The second-order valence-electron chi connectivity index (χ2n) is 8.35. The zero-order valence-electron chi connectivity index (χ0n) is 18.4. The van der Waals surface area contributed by atoms with Gasteiger partial charge >= 0.3 is 0 Å². The van der Waals surface area contributed by atoms with Gasteiger partial charge in [0, 0.05) is 33.9 Å². The van der Waals surface area contributed by atoms with E-state index in [4.69, 9.17) is 20.8 Å². The molecular formula is C30H18ClNO2S. The van der Waals surface area contributed by atoms with Crippen LogP contribution >= 0.6 is 23.4 Å². The Labute approximate surface area is 211 Å². The van der Waals surface area contributed by atoms with Crippen molar-refractivity contribution in [1.82, 2.24) is 0 Å². The van der Waals surface area contributed by atoms with Gasteiger partial charge < -0.3 is 14.1 Å². The number of hydrogen-bond donors (Lipinski definition) is 0. The Morgan fingerprint density at radius 1 is 0.629 bits per heavy atom. The summed E-state index contributed by atoms with van der Waals surface area (Å²) < 4.78 is 12.5. The molecular weight excluding hydrogens is 474 g/mol. The highest BCUT2D eigenvalue weighted by Crippen LogP contribution is 2.50. The Morgan fingerprint density at radius 2 is 1.37 bits per heavy atom. The van der Waals surface area contributed by atoms with Gasteiger partial charge in [0.05, 0.1) is 20.9 Å². The minimum absolute atomic E-state index is 0.661. The number of para-hydroxylation sites is 2. The molecule has 1 aliphatic rings. The molecule has 0 unspecified atom stereocenters. The summed E-state index contributed by atoms with van der Waals surface area (Å²) >= 11 is 7.92. The van der Waals surface area contributed by atoms with E-state index in [2.05, 4.69) is 59.5 Å². The maximum Gasteiger partial charge on any atom is 0.143 e. The summed E-state index contributed by atoms with van der Waals surface area (Å²) in [5.41, 5.74) is 4.83. The predicted molar refractivity (Wildman–Crippen MR) is 144 cm³/mol. The van der Waals surface area contributed by atoms with Gasteiger partial charge in [-0.3, -0.25) is 0 Å². The summed E-state index contributed by atoms with van der Waals surface area (Å²) in [5.74, 6) is 1.59. The molecule has 6 aromatic rings. The molecule has 168 valence electrons. The normalized spacial score (nSPS) is 12.3. The van der Waals surface area contributed by atoms with Crippen molar-refractivity contribution in [3.05, 3.63) is 114 Å². The van der Waals surface area contributed by atoms with Crippen molar-refractivity contribution in [2.45, 2.75) is 9.79 Å². The number of halogens is 1. The quantitative estimate of drug-likeness (QED) is 0.245. The maximum atomic E-state index is 6.31. The van der Waals surface area contributed by atoms with Crippen LogP contribution in [0.4, 0.5) is 17.1 Å². The summed E-state index contributed by atoms with van der Waals surface area (Å²) in [6.45, 7) is 0. The molecule has 5 aromatic carbocycles. The number of anilines is 3. The van der Waals surface area contributed by atoms with Crippen LogP contribution in [-0.4, -0.2) is 0 Å². The smallest absolute Gasteiger partial charge is 0.143 e. The zero-order valence-corrected chi connectivity index (χ0v) is 20.0. The lowest BCUT2D eigenvalue weighted by molar-refractivity contribution is 0.455. The van der Waals surface area contributed by atoms with Crippen LogP contribution in [0, 0.1) is 0 Å². The fraction of sp³-hybridized carbons (Fsp3) is 0. The molecule has 0 fully saturated rings. The number of benzene rings is 5. The summed E-state index contributed by atoms with van der Waals surface area (Å²) in [7, 11) is 0. The lowest BCUT2D eigenvalue weighted by atomic mass is 10.1. The number of ether oxygens (including phenoxy) is 1. The number of rotatable bonds is 3. The average molecular weight is 492 g/mol. The van der Waals surface area contributed by atoms with Crippen molar-refractivity contribution >= 4 is 62.4 Å². The molecule has 1 aromatic heterocycles. The lowest BCUT2D eigenvalue weighted by Gasteiger charge is -2.28. The van der Waals surface area contributed by atoms with Crippen LogP contribution in [0.3, 0.4) is 0 Å². The fourth-order valence-electron chi connectivity index (χ4n) is 4.63. The number of furan rings is 1. The Morgan fingerprint density at radius 3 is 2.26 bits per heavy atom. The first-order valence-electron chi connectivity index (χ1n) is 11.3. The van der Waals surface area contributed by atoms with Gasteiger partial charge in [-0.1, -0.05) is 65.8 Å². The minimum Gasteiger partial charge on any atom is -0.456 e. The van der Waals surface area contributed by atoms with Gasteiger partial charge in [0.15, 0.2) is 0 Å². The molecule has 0 radical (unpaired) electrons. The van der Waals surface area contributed by atoms with Crippen LogP contribution in [-0.2, 0) is 0 Å². The van der Waals surface area contributed by atoms with E-state index in [1.54, 1.807) is 11.8 Å². The standard InChI is InChI=1S/C30H18ClNO2S/c31-19-13-15-28-26(17-19)34-27-18-21(14-16-29(27)35-28)32(20-7-2-1-3-8-20)23-10-6-12-25-30(23)22-9-4-5-11-24(22)33-25/h1-18H. The number of fused-ring (bicyclic) bond motifs is 5. The van der Waals surface area contributed by atoms with Gasteiger partial charge in [0.1, 0.15) is 22.7 Å². The van der Waals surface area contributed by atoms with Crippen LogP contribution in [0.5, 0.6) is 11.5 Å². The van der Waals surface area contributed by atoms with Gasteiger partial charge in [-0.15, -0.1) is 0 Å². The highest BCUT2D eigenvalue weighted by molar-refractivity contribution is 7.99. The topological polar surface area (TPSA) is 25.6 Å². The second-order valence-corrected chi connectivity index (χ2v) is 9.87. The number of hydrogen-bond acceptors (Lipinski definition) is 4. The van der Waals surface area contributed by atoms with E-state index in [0.717, 1.165) is 60.3 Å². The van der Waals surface area contributed by atoms with E-state index in [1.165, 1.54) is 0 Å². The number of nitrogens with zero attached hydrogens (tertiary/aromatic N) is 1. The molecule has 1 aliphatic heterocycles. The fourth-order valence-corrected chi connectivity index (χ4v) is 5.70. The van der Waals surface area contributed by atoms with Gasteiger partial charge in [0.25, 0.3) is 0 Å². The first-order chi connectivity index (χ1) is 17.2. The van der Waals surface area contributed by atoms with E-state index >= 15 is 0 Å². The molecule has 0 aliphatic carbocycles. The Hall–Kier alpha value is -3.86. The molecule has 5 heteroatoms. The molecule has 0 bridgehead atoms. The van der Waals surface area contributed by atoms with Crippen molar-refractivity contribution in [3.63, 3.8) is 0 Å². The van der Waals surface area contributed by atoms with Crippen LogP contribution in [0.1, 0.15) is 0 Å². The van der Waals surface area contributed by atoms with Crippen molar-refractivity contribution in [1.29, 1.82) is 0 Å². The molecule has 0 amide bonds. The zero-order chi connectivity index (χ0) is 23.4. The van der Waals surface area contributed by atoms with Crippen LogP contribution < -0.4 is 9.64 Å². The maximum absolute atomic E-state index is 6.31. The van der Waals surface area contributed by atoms with Gasteiger partial charge in [-0.25, -0.2) is 0 Å². The van der Waals surface area contributed by atoms with E-state index in [1.807, 2.05) is 54.6 Å². The molecule has 0 saturated carbocycles. The van der Waals surface area contributed by atoms with Crippen LogP contribution in [0.2, 0.25) is 5.02 Å². The highest BCUT2D eigenvalue weighted by atomic mass is 35.5. The van der Waals surface area contributed by atoms with Crippen LogP contribution in [0.25, 0.3) is 21.9 Å². The Kier molecular flexibility index (Phi) is 4.76. The lowest BCUT2D eigenvalue weighted by Crippen LogP contribution is -2.10. The summed E-state index contributed by atoms with van der Waals surface area (Å²) in [6, 6.07) is 36.9. The second kappa shape index (κ2) is 8.12. The predicted octanol–water partition coefficient (Wildman–Crippen LogP) is 9.97. The average Bonchev–Trinajstić information content (AvgIpc) is 3.28. The summed E-state index contributed by atoms with van der Waals surface area (Å²) in [4.78, 5) is 4.39. The highest BCUT2D eigenvalue weighted by Gasteiger charge is 2.23. The molecule has 3 nitrogen and oxygen atoms in total. The SMILES string of the molecule is Clc1ccc2c(c1)Oc1cc(N(c3ccccc3)c3cccc4oc5ccccc5c34)ccc1S2. The van der Waals surface area contributed by atoms with E-state index in [-0.39, 0.29) is 0 Å².